The van der Waals surface area contributed by atoms with Crippen LogP contribution in [-0.2, 0) is 11.3 Å². The van der Waals surface area contributed by atoms with E-state index in [4.69, 9.17) is 4.74 Å². The molecule has 1 atom stereocenters. The van der Waals surface area contributed by atoms with Gasteiger partial charge in [-0.3, -0.25) is 9.78 Å². The molecular weight excluding hydrogens is 339 g/mol. The highest BCUT2D eigenvalue weighted by molar-refractivity contribution is 5.75. The summed E-state index contributed by atoms with van der Waals surface area (Å²) in [5.74, 6) is 0.347. The van der Waals surface area contributed by atoms with Crippen LogP contribution in [0.15, 0.2) is 48.8 Å². The van der Waals surface area contributed by atoms with Gasteiger partial charge in [-0.05, 0) is 48.5 Å². The van der Waals surface area contributed by atoms with Crippen LogP contribution in [0.3, 0.4) is 0 Å². The van der Waals surface area contributed by atoms with Crippen LogP contribution in [0.4, 0.5) is 4.39 Å². The number of amides is 1. The number of tetrazole rings is 1. The molecule has 0 aliphatic rings. The summed E-state index contributed by atoms with van der Waals surface area (Å²) in [5, 5.41) is 14.6. The van der Waals surface area contributed by atoms with E-state index in [1.165, 1.54) is 16.9 Å². The van der Waals surface area contributed by atoms with Crippen molar-refractivity contribution in [3.63, 3.8) is 0 Å². The molecule has 0 saturated heterocycles. The highest BCUT2D eigenvalue weighted by atomic mass is 19.1. The van der Waals surface area contributed by atoms with Crippen LogP contribution in [0.5, 0.6) is 5.75 Å². The van der Waals surface area contributed by atoms with E-state index in [0.29, 0.717) is 23.7 Å². The standard InChI is InChI=1S/C17H17FN6O2/c1-12(26-15-3-2-8-19-10-15)9-20-16(25)11-24-22-17(21-23-24)13-4-6-14(18)7-5-13/h2-8,10,12H,9,11H2,1H3,(H,20,25)/t12-/m1/s1. The highest BCUT2D eigenvalue weighted by Gasteiger charge is 2.11. The molecule has 0 spiro atoms. The van der Waals surface area contributed by atoms with E-state index in [-0.39, 0.29) is 24.4 Å². The van der Waals surface area contributed by atoms with Crippen molar-refractivity contribution in [2.45, 2.75) is 19.6 Å². The van der Waals surface area contributed by atoms with Crippen LogP contribution in [0, 0.1) is 5.82 Å². The minimum Gasteiger partial charge on any atom is -0.487 e. The van der Waals surface area contributed by atoms with Crippen LogP contribution < -0.4 is 10.1 Å². The van der Waals surface area contributed by atoms with Crippen molar-refractivity contribution in [3.8, 4) is 17.1 Å². The van der Waals surface area contributed by atoms with Gasteiger partial charge in [0.05, 0.1) is 12.7 Å². The number of hydrogen-bond donors (Lipinski definition) is 1. The normalized spacial score (nSPS) is 11.8. The monoisotopic (exact) mass is 356 g/mol. The van der Waals surface area contributed by atoms with Gasteiger partial charge >= 0.3 is 0 Å². The lowest BCUT2D eigenvalue weighted by molar-refractivity contribution is -0.122. The number of aromatic nitrogens is 5. The number of benzene rings is 1. The number of ether oxygens (including phenoxy) is 1. The lowest BCUT2D eigenvalue weighted by atomic mass is 10.2. The van der Waals surface area contributed by atoms with Gasteiger partial charge < -0.3 is 10.1 Å². The molecule has 0 aliphatic carbocycles. The van der Waals surface area contributed by atoms with E-state index in [1.807, 2.05) is 6.92 Å². The van der Waals surface area contributed by atoms with E-state index in [9.17, 15) is 9.18 Å². The van der Waals surface area contributed by atoms with Crippen molar-refractivity contribution in [2.75, 3.05) is 6.54 Å². The average Bonchev–Trinajstić information content (AvgIpc) is 3.10. The Morgan fingerprint density at radius 2 is 2.12 bits per heavy atom. The summed E-state index contributed by atoms with van der Waals surface area (Å²) < 4.78 is 18.6. The van der Waals surface area contributed by atoms with E-state index in [0.717, 1.165) is 0 Å². The quantitative estimate of drug-likeness (QED) is 0.689. The molecule has 0 aliphatic heterocycles. The Balaban J connectivity index is 1.48. The second-order valence-corrected chi connectivity index (χ2v) is 5.57. The molecule has 0 radical (unpaired) electrons. The molecule has 8 nitrogen and oxygen atoms in total. The van der Waals surface area contributed by atoms with E-state index in [2.05, 4.69) is 25.7 Å². The van der Waals surface area contributed by atoms with Crippen LogP contribution in [0.25, 0.3) is 11.4 Å². The van der Waals surface area contributed by atoms with Crippen molar-refractivity contribution in [2.24, 2.45) is 0 Å². The second-order valence-electron chi connectivity index (χ2n) is 5.57. The van der Waals surface area contributed by atoms with Crippen molar-refractivity contribution < 1.29 is 13.9 Å². The topological polar surface area (TPSA) is 94.8 Å². The number of pyridine rings is 1. The Kier molecular flexibility index (Phi) is 5.47. The molecule has 3 aromatic rings. The number of hydrogen-bond acceptors (Lipinski definition) is 6. The molecule has 9 heteroatoms. The summed E-state index contributed by atoms with van der Waals surface area (Å²) in [6, 6.07) is 9.29. The highest BCUT2D eigenvalue weighted by Crippen LogP contribution is 2.13. The van der Waals surface area contributed by atoms with Crippen molar-refractivity contribution in [1.82, 2.24) is 30.5 Å². The third-order valence-corrected chi connectivity index (χ3v) is 3.40. The van der Waals surface area contributed by atoms with E-state index in [1.54, 1.807) is 36.7 Å². The SMILES string of the molecule is C[C@H](CNC(=O)Cn1nnc(-c2ccc(F)cc2)n1)Oc1cccnc1. The minimum atomic E-state index is -0.344. The fourth-order valence-electron chi connectivity index (χ4n) is 2.16. The summed E-state index contributed by atoms with van der Waals surface area (Å²) in [6.07, 6.45) is 3.04. The lowest BCUT2D eigenvalue weighted by Gasteiger charge is -2.14. The number of rotatable bonds is 7. The smallest absolute Gasteiger partial charge is 0.243 e. The Hall–Kier alpha value is -3.36. The van der Waals surface area contributed by atoms with Gasteiger partial charge in [0.15, 0.2) is 0 Å². The number of nitrogens with one attached hydrogen (secondary N) is 1. The number of nitrogens with zero attached hydrogens (tertiary/aromatic N) is 5. The zero-order valence-corrected chi connectivity index (χ0v) is 14.0. The fraction of sp³-hybridized carbons (Fsp3) is 0.235. The molecule has 3 rings (SSSR count). The molecule has 1 amide bonds. The molecule has 0 bridgehead atoms. The third-order valence-electron chi connectivity index (χ3n) is 3.40. The predicted octanol–water partition coefficient (Wildman–Crippen LogP) is 1.46. The lowest BCUT2D eigenvalue weighted by Crippen LogP contribution is -2.36. The third kappa shape index (κ3) is 4.82. The molecule has 0 fully saturated rings. The van der Waals surface area contributed by atoms with Gasteiger partial charge in [0.25, 0.3) is 0 Å². The molecule has 0 unspecified atom stereocenters. The van der Waals surface area contributed by atoms with Gasteiger partial charge in [-0.15, -0.1) is 10.2 Å². The zero-order chi connectivity index (χ0) is 18.4. The van der Waals surface area contributed by atoms with E-state index < -0.39 is 0 Å². The van der Waals surface area contributed by atoms with Gasteiger partial charge in [0.2, 0.25) is 11.7 Å². The summed E-state index contributed by atoms with van der Waals surface area (Å²) in [6.45, 7) is 2.09. The maximum Gasteiger partial charge on any atom is 0.243 e. The van der Waals surface area contributed by atoms with Crippen molar-refractivity contribution in [3.05, 3.63) is 54.6 Å². The fourth-order valence-corrected chi connectivity index (χ4v) is 2.16. The molecular formula is C17H17FN6O2. The first-order valence-corrected chi connectivity index (χ1v) is 7.97. The van der Waals surface area contributed by atoms with Crippen LogP contribution >= 0.6 is 0 Å². The summed E-state index contributed by atoms with van der Waals surface area (Å²) in [5.41, 5.74) is 0.622. The van der Waals surface area contributed by atoms with Crippen LogP contribution in [0.2, 0.25) is 0 Å². The van der Waals surface area contributed by atoms with E-state index >= 15 is 0 Å². The predicted molar refractivity (Wildman–Crippen MR) is 90.5 cm³/mol. The zero-order valence-electron chi connectivity index (χ0n) is 14.0. The Morgan fingerprint density at radius 1 is 1.31 bits per heavy atom. The first-order valence-electron chi connectivity index (χ1n) is 7.97. The summed E-state index contributed by atoms with van der Waals surface area (Å²) in [4.78, 5) is 17.1. The Bertz CT molecular complexity index is 853. The molecule has 2 aromatic heterocycles. The Morgan fingerprint density at radius 3 is 2.85 bits per heavy atom. The Labute approximate surface area is 149 Å². The van der Waals surface area contributed by atoms with Gasteiger partial charge in [0, 0.05) is 11.8 Å². The van der Waals surface area contributed by atoms with Crippen LogP contribution in [0.1, 0.15) is 6.92 Å². The molecule has 1 aromatic carbocycles. The maximum absolute atomic E-state index is 12.9. The number of carbonyl (C=O) groups is 1. The number of halogens is 1. The molecule has 2 heterocycles. The van der Waals surface area contributed by atoms with Gasteiger partial charge in [-0.1, -0.05) is 0 Å². The van der Waals surface area contributed by atoms with Crippen molar-refractivity contribution in [1.29, 1.82) is 0 Å². The molecule has 26 heavy (non-hydrogen) atoms. The first-order chi connectivity index (χ1) is 12.6. The molecule has 1 N–H and O–H groups in total. The van der Waals surface area contributed by atoms with Gasteiger partial charge in [-0.25, -0.2) is 4.39 Å². The van der Waals surface area contributed by atoms with Crippen molar-refractivity contribution >= 4 is 5.91 Å². The minimum absolute atomic E-state index is 0.0756. The van der Waals surface area contributed by atoms with Crippen LogP contribution in [-0.4, -0.2) is 43.7 Å². The molecule has 0 saturated carbocycles. The summed E-state index contributed by atoms with van der Waals surface area (Å²) >= 11 is 0. The first kappa shape index (κ1) is 17.5. The average molecular weight is 356 g/mol. The largest absolute Gasteiger partial charge is 0.487 e. The second kappa shape index (κ2) is 8.15. The van der Waals surface area contributed by atoms with Gasteiger partial charge in [-0.2, -0.15) is 4.80 Å². The maximum atomic E-state index is 12.9. The number of carbonyl (C=O) groups excluding carboxylic acids is 1. The van der Waals surface area contributed by atoms with Gasteiger partial charge in [0.1, 0.15) is 24.2 Å². The molecule has 134 valence electrons. The summed E-state index contributed by atoms with van der Waals surface area (Å²) in [7, 11) is 0.